The second kappa shape index (κ2) is 42.2. The van der Waals surface area contributed by atoms with Gasteiger partial charge in [-0.3, -0.25) is 9.59 Å². The molecule has 0 spiro atoms. The Hall–Kier alpha value is -3.18. The van der Waals surface area contributed by atoms with Crippen molar-refractivity contribution in [3.05, 3.63) is 97.2 Å². The Bertz CT molecular complexity index is 1040. The fourth-order valence-corrected chi connectivity index (χ4v) is 5.24. The molecule has 0 bridgehead atoms. The minimum Gasteiger partial charge on any atom is -0.462 e. The van der Waals surface area contributed by atoms with Gasteiger partial charge in [0.15, 0.2) is 6.10 Å². The summed E-state index contributed by atoms with van der Waals surface area (Å²) in [4.78, 5) is 24.3. The second-order valence-electron chi connectivity index (χ2n) is 13.3. The van der Waals surface area contributed by atoms with Crippen LogP contribution in [0.2, 0.25) is 0 Å². The number of ether oxygens (including phenoxy) is 2. The van der Waals surface area contributed by atoms with Crippen LogP contribution in [0.15, 0.2) is 97.2 Å². The normalized spacial score (nSPS) is 13.2. The van der Waals surface area contributed by atoms with Crippen LogP contribution >= 0.6 is 0 Å². The number of carbonyl (C=O) groups excluding carboxylic acids is 2. The summed E-state index contributed by atoms with van der Waals surface area (Å²) in [6.07, 6.45) is 59.0. The standard InChI is InChI=1S/C47H76O5/c1-3-5-7-9-11-13-15-17-18-19-20-21-22-23-24-25-26-27-28-30-32-34-36-38-40-42-47(50)52-45(43-48)44-51-46(49)41-39-37-35-33-31-29-16-14-12-10-8-6-4-2/h5,7-8,10-11,13-14,16-18,20-21,23-24,26-27,45,48H,3-4,6,9,12,15,19,22,25,28-44H2,1-2H3/b7-5-,10-8-,13-11-,16-14-,18-17-,21-20-,24-23-,27-26-. The van der Waals surface area contributed by atoms with Crippen molar-refractivity contribution in [1.82, 2.24) is 0 Å². The lowest BCUT2D eigenvalue weighted by atomic mass is 10.1. The first kappa shape index (κ1) is 48.8. The van der Waals surface area contributed by atoms with Crippen molar-refractivity contribution in [2.75, 3.05) is 13.2 Å². The van der Waals surface area contributed by atoms with E-state index in [4.69, 9.17) is 9.47 Å². The maximum absolute atomic E-state index is 12.2. The first-order valence-corrected chi connectivity index (χ1v) is 20.8. The molecular weight excluding hydrogens is 645 g/mol. The summed E-state index contributed by atoms with van der Waals surface area (Å²) in [5.41, 5.74) is 0. The average Bonchev–Trinajstić information content (AvgIpc) is 3.15. The molecule has 0 rings (SSSR count). The molecule has 0 aromatic heterocycles. The van der Waals surface area contributed by atoms with Crippen molar-refractivity contribution >= 4 is 11.9 Å². The van der Waals surface area contributed by atoms with Crippen LogP contribution in [0.25, 0.3) is 0 Å². The van der Waals surface area contributed by atoms with Gasteiger partial charge in [0.1, 0.15) is 6.61 Å². The van der Waals surface area contributed by atoms with Crippen molar-refractivity contribution in [3.63, 3.8) is 0 Å². The SMILES string of the molecule is CC/C=C\C/C=C\C/C=C\C/C=C\C/C=C\C/C=C\CCCCCCCCC(=O)OC(CO)COC(=O)CCCCCCC/C=C\C/C=C\CCC. The molecule has 0 saturated carbocycles. The molecule has 0 aliphatic heterocycles. The lowest BCUT2D eigenvalue weighted by Crippen LogP contribution is -2.28. The zero-order chi connectivity index (χ0) is 37.8. The summed E-state index contributed by atoms with van der Waals surface area (Å²) in [5, 5.41) is 9.56. The van der Waals surface area contributed by atoms with E-state index in [9.17, 15) is 14.7 Å². The molecule has 294 valence electrons. The van der Waals surface area contributed by atoms with Crippen molar-refractivity contribution in [3.8, 4) is 0 Å². The molecule has 0 radical (unpaired) electrons. The maximum Gasteiger partial charge on any atom is 0.306 e. The fourth-order valence-electron chi connectivity index (χ4n) is 5.24. The Morgan fingerprint density at radius 3 is 1.25 bits per heavy atom. The number of hydrogen-bond donors (Lipinski definition) is 1. The Balaban J connectivity index is 3.65. The van der Waals surface area contributed by atoms with Gasteiger partial charge in [-0.1, -0.05) is 162 Å². The van der Waals surface area contributed by atoms with E-state index in [1.54, 1.807) is 0 Å². The molecule has 0 heterocycles. The van der Waals surface area contributed by atoms with Crippen molar-refractivity contribution in [1.29, 1.82) is 0 Å². The van der Waals surface area contributed by atoms with Crippen LogP contribution in [0.4, 0.5) is 0 Å². The number of aliphatic hydroxyl groups excluding tert-OH is 1. The monoisotopic (exact) mass is 721 g/mol. The number of hydrogen-bond acceptors (Lipinski definition) is 5. The van der Waals surface area contributed by atoms with Crippen LogP contribution in [0, 0.1) is 0 Å². The van der Waals surface area contributed by atoms with E-state index in [-0.39, 0.29) is 25.2 Å². The first-order valence-electron chi connectivity index (χ1n) is 20.8. The molecule has 0 aliphatic rings. The molecule has 5 heteroatoms. The van der Waals surface area contributed by atoms with E-state index < -0.39 is 6.10 Å². The highest BCUT2D eigenvalue weighted by Crippen LogP contribution is 2.12. The van der Waals surface area contributed by atoms with Crippen LogP contribution in [-0.2, 0) is 19.1 Å². The van der Waals surface area contributed by atoms with Gasteiger partial charge in [0, 0.05) is 12.8 Å². The van der Waals surface area contributed by atoms with Crippen LogP contribution in [-0.4, -0.2) is 36.4 Å². The van der Waals surface area contributed by atoms with Gasteiger partial charge in [0.25, 0.3) is 0 Å². The van der Waals surface area contributed by atoms with Crippen LogP contribution in [0.5, 0.6) is 0 Å². The van der Waals surface area contributed by atoms with Gasteiger partial charge in [-0.05, 0) is 89.9 Å². The molecule has 0 amide bonds. The summed E-state index contributed by atoms with van der Waals surface area (Å²) < 4.78 is 10.6. The van der Waals surface area contributed by atoms with E-state index in [2.05, 4.69) is 111 Å². The van der Waals surface area contributed by atoms with Crippen LogP contribution < -0.4 is 0 Å². The van der Waals surface area contributed by atoms with E-state index in [0.717, 1.165) is 103 Å². The third kappa shape index (κ3) is 39.6. The van der Waals surface area contributed by atoms with Gasteiger partial charge in [0.2, 0.25) is 0 Å². The average molecular weight is 721 g/mol. The van der Waals surface area contributed by atoms with Crippen molar-refractivity contribution in [2.24, 2.45) is 0 Å². The molecule has 1 atom stereocenters. The lowest BCUT2D eigenvalue weighted by molar-refractivity contribution is -0.161. The van der Waals surface area contributed by atoms with Crippen molar-refractivity contribution < 1.29 is 24.2 Å². The zero-order valence-electron chi connectivity index (χ0n) is 33.3. The van der Waals surface area contributed by atoms with E-state index in [1.807, 2.05) is 0 Å². The van der Waals surface area contributed by atoms with E-state index in [0.29, 0.717) is 12.8 Å². The van der Waals surface area contributed by atoms with Gasteiger partial charge in [-0.15, -0.1) is 0 Å². The Labute approximate surface area is 319 Å². The highest BCUT2D eigenvalue weighted by Gasteiger charge is 2.16. The van der Waals surface area contributed by atoms with Gasteiger partial charge < -0.3 is 14.6 Å². The van der Waals surface area contributed by atoms with Gasteiger partial charge in [-0.2, -0.15) is 0 Å². The van der Waals surface area contributed by atoms with Crippen molar-refractivity contribution in [2.45, 2.75) is 174 Å². The topological polar surface area (TPSA) is 72.8 Å². The van der Waals surface area contributed by atoms with Gasteiger partial charge in [-0.25, -0.2) is 0 Å². The number of unbranched alkanes of at least 4 members (excludes halogenated alkanes) is 12. The second-order valence-corrected chi connectivity index (χ2v) is 13.3. The number of rotatable bonds is 36. The first-order chi connectivity index (χ1) is 25.6. The predicted molar refractivity (Wildman–Crippen MR) is 223 cm³/mol. The highest BCUT2D eigenvalue weighted by atomic mass is 16.6. The van der Waals surface area contributed by atoms with Crippen LogP contribution in [0.3, 0.4) is 0 Å². The minimum atomic E-state index is -0.791. The Morgan fingerprint density at radius 2 is 0.827 bits per heavy atom. The molecule has 1 N–H and O–H groups in total. The summed E-state index contributed by atoms with van der Waals surface area (Å²) in [5.74, 6) is -0.634. The smallest absolute Gasteiger partial charge is 0.306 e. The number of allylic oxidation sites excluding steroid dienone is 16. The molecule has 0 aliphatic carbocycles. The minimum absolute atomic E-state index is 0.0855. The third-order valence-electron chi connectivity index (χ3n) is 8.34. The molecule has 52 heavy (non-hydrogen) atoms. The molecule has 0 aromatic rings. The third-order valence-corrected chi connectivity index (χ3v) is 8.34. The highest BCUT2D eigenvalue weighted by molar-refractivity contribution is 5.70. The number of aliphatic hydroxyl groups is 1. The Kier molecular flexibility index (Phi) is 39.7. The molecule has 0 fully saturated rings. The quantitative estimate of drug-likeness (QED) is 0.0396. The molecule has 5 nitrogen and oxygen atoms in total. The predicted octanol–water partition coefficient (Wildman–Crippen LogP) is 13.3. The Morgan fingerprint density at radius 1 is 0.462 bits per heavy atom. The molecule has 0 aromatic carbocycles. The maximum atomic E-state index is 12.2. The van der Waals surface area contributed by atoms with Crippen LogP contribution in [0.1, 0.15) is 168 Å². The number of carbonyl (C=O) groups is 2. The summed E-state index contributed by atoms with van der Waals surface area (Å²) in [6.45, 7) is 3.91. The lowest BCUT2D eigenvalue weighted by Gasteiger charge is -2.15. The van der Waals surface area contributed by atoms with E-state index >= 15 is 0 Å². The molecule has 0 saturated heterocycles. The van der Waals surface area contributed by atoms with Gasteiger partial charge in [0.05, 0.1) is 6.61 Å². The zero-order valence-corrected chi connectivity index (χ0v) is 33.3. The number of esters is 2. The molecular formula is C47H76O5. The summed E-state index contributed by atoms with van der Waals surface area (Å²) >= 11 is 0. The molecule has 1 unspecified atom stereocenters. The fraction of sp³-hybridized carbons (Fsp3) is 0.617. The largest absolute Gasteiger partial charge is 0.462 e. The summed E-state index contributed by atoms with van der Waals surface area (Å²) in [7, 11) is 0. The van der Waals surface area contributed by atoms with E-state index in [1.165, 1.54) is 38.5 Å². The summed E-state index contributed by atoms with van der Waals surface area (Å²) in [6, 6.07) is 0. The van der Waals surface area contributed by atoms with Gasteiger partial charge >= 0.3 is 11.9 Å².